The SMILES string of the molecule is C[C@]1(COc2cccc(N3CCC(Oc4ccc(OC(F)(F)F)cc4)CC3)n2)Cn2cc([N+](=O)[O-])nc2O1. The molecule has 2 aliphatic heterocycles. The summed E-state index contributed by atoms with van der Waals surface area (Å²) < 4.78 is 60.1. The number of aromatic nitrogens is 3. The van der Waals surface area contributed by atoms with E-state index in [4.69, 9.17) is 14.2 Å². The van der Waals surface area contributed by atoms with Gasteiger partial charge in [0.15, 0.2) is 5.60 Å². The van der Waals surface area contributed by atoms with Gasteiger partial charge in [-0.1, -0.05) is 6.07 Å². The second kappa shape index (κ2) is 9.91. The zero-order valence-corrected chi connectivity index (χ0v) is 20.3. The number of hydrogen-bond donors (Lipinski definition) is 0. The fraction of sp³-hybridized carbons (Fsp3) is 0.417. The number of nitrogens with zero attached hydrogens (tertiary/aromatic N) is 5. The Morgan fingerprint density at radius 3 is 2.50 bits per heavy atom. The first-order chi connectivity index (χ1) is 18.1. The normalized spacial score (nSPS) is 19.5. The van der Waals surface area contributed by atoms with Gasteiger partial charge in [-0.05, 0) is 42.2 Å². The number of halogens is 3. The molecule has 4 heterocycles. The Bertz CT molecular complexity index is 1270. The van der Waals surface area contributed by atoms with E-state index in [-0.39, 0.29) is 30.3 Å². The van der Waals surface area contributed by atoms with Crippen molar-refractivity contribution < 1.29 is 37.0 Å². The highest BCUT2D eigenvalue weighted by atomic mass is 19.4. The Balaban J connectivity index is 1.11. The second-order valence-electron chi connectivity index (χ2n) is 9.26. The van der Waals surface area contributed by atoms with E-state index in [0.29, 0.717) is 44.1 Å². The van der Waals surface area contributed by atoms with Crippen LogP contribution < -0.4 is 23.8 Å². The molecule has 0 bridgehead atoms. The van der Waals surface area contributed by atoms with Gasteiger partial charge in [0.25, 0.3) is 0 Å². The van der Waals surface area contributed by atoms with Gasteiger partial charge in [-0.3, -0.25) is 4.57 Å². The topological polar surface area (TPSA) is 114 Å². The quantitative estimate of drug-likeness (QED) is 0.307. The molecule has 0 amide bonds. The number of ether oxygens (including phenoxy) is 4. The molecule has 0 N–H and O–H groups in total. The highest BCUT2D eigenvalue weighted by Gasteiger charge is 2.41. The van der Waals surface area contributed by atoms with Crippen LogP contribution in [0.5, 0.6) is 23.4 Å². The van der Waals surface area contributed by atoms with Gasteiger partial charge in [0.05, 0.1) is 6.54 Å². The molecule has 2 aliphatic rings. The second-order valence-corrected chi connectivity index (χ2v) is 9.26. The van der Waals surface area contributed by atoms with Crippen LogP contribution in [0.3, 0.4) is 0 Å². The van der Waals surface area contributed by atoms with Crippen LogP contribution in [-0.4, -0.2) is 57.2 Å². The summed E-state index contributed by atoms with van der Waals surface area (Å²) in [5.41, 5.74) is -0.748. The van der Waals surface area contributed by atoms with Crippen LogP contribution in [0.2, 0.25) is 0 Å². The summed E-state index contributed by atoms with van der Waals surface area (Å²) in [5.74, 6) is 1.08. The molecule has 5 rings (SSSR count). The van der Waals surface area contributed by atoms with Crippen molar-refractivity contribution in [3.05, 3.63) is 58.8 Å². The zero-order valence-electron chi connectivity index (χ0n) is 20.3. The van der Waals surface area contributed by atoms with Crippen molar-refractivity contribution in [2.24, 2.45) is 0 Å². The number of rotatable bonds is 8. The Morgan fingerprint density at radius 1 is 1.13 bits per heavy atom. The lowest BCUT2D eigenvalue weighted by Crippen LogP contribution is -2.39. The predicted octanol–water partition coefficient (Wildman–Crippen LogP) is 4.36. The molecular formula is C24H24F3N5O6. The van der Waals surface area contributed by atoms with Gasteiger partial charge in [-0.25, -0.2) is 0 Å². The Labute approximate surface area is 214 Å². The number of nitro groups is 1. The monoisotopic (exact) mass is 535 g/mol. The fourth-order valence-electron chi connectivity index (χ4n) is 4.36. The standard InChI is InChI=1S/C24H24F3N5O6/c1-23(14-31-13-20(32(33)34)29-22(31)38-23)15-35-21-4-2-3-19(28-21)30-11-9-17(10-12-30)36-16-5-7-18(8-6-16)37-24(25,26)27/h2-8,13,17H,9-12,14-15H2,1H3/t23-/m1/s1. The minimum Gasteiger partial charge on any atom is -0.490 e. The molecule has 3 aromatic rings. The number of alkyl halides is 3. The van der Waals surface area contributed by atoms with E-state index in [1.165, 1.54) is 30.5 Å². The highest BCUT2D eigenvalue weighted by molar-refractivity contribution is 5.41. The van der Waals surface area contributed by atoms with E-state index in [1.807, 2.05) is 19.1 Å². The van der Waals surface area contributed by atoms with E-state index in [1.54, 1.807) is 10.6 Å². The third-order valence-corrected chi connectivity index (χ3v) is 6.12. The number of benzene rings is 1. The third kappa shape index (κ3) is 6.01. The fourth-order valence-corrected chi connectivity index (χ4v) is 4.36. The molecule has 14 heteroatoms. The molecule has 1 aromatic carbocycles. The van der Waals surface area contributed by atoms with Crippen LogP contribution in [0.25, 0.3) is 0 Å². The summed E-state index contributed by atoms with van der Waals surface area (Å²) in [5, 5.41) is 10.9. The lowest BCUT2D eigenvalue weighted by molar-refractivity contribution is -0.389. The summed E-state index contributed by atoms with van der Waals surface area (Å²) in [6, 6.07) is 11.0. The maximum Gasteiger partial charge on any atom is 0.573 e. The summed E-state index contributed by atoms with van der Waals surface area (Å²) in [7, 11) is 0. The molecule has 38 heavy (non-hydrogen) atoms. The minimum atomic E-state index is -4.73. The first kappa shape index (κ1) is 25.4. The summed E-state index contributed by atoms with van der Waals surface area (Å²) in [6.45, 7) is 3.71. The highest BCUT2D eigenvalue weighted by Crippen LogP contribution is 2.32. The summed E-state index contributed by atoms with van der Waals surface area (Å²) in [4.78, 5) is 20.9. The molecule has 1 fully saturated rings. The lowest BCUT2D eigenvalue weighted by Gasteiger charge is -2.33. The molecule has 202 valence electrons. The largest absolute Gasteiger partial charge is 0.573 e. The maximum absolute atomic E-state index is 12.3. The lowest BCUT2D eigenvalue weighted by atomic mass is 10.1. The summed E-state index contributed by atoms with van der Waals surface area (Å²) >= 11 is 0. The predicted molar refractivity (Wildman–Crippen MR) is 127 cm³/mol. The Hall–Kier alpha value is -4.23. The van der Waals surface area contributed by atoms with Crippen molar-refractivity contribution in [3.8, 4) is 23.4 Å². The molecule has 11 nitrogen and oxygen atoms in total. The number of hydrogen-bond acceptors (Lipinski definition) is 9. The van der Waals surface area contributed by atoms with Crippen molar-refractivity contribution in [3.63, 3.8) is 0 Å². The van der Waals surface area contributed by atoms with Gasteiger partial charge >= 0.3 is 18.2 Å². The molecule has 2 aromatic heterocycles. The first-order valence-electron chi connectivity index (χ1n) is 11.8. The van der Waals surface area contributed by atoms with Gasteiger partial charge < -0.3 is 34.0 Å². The van der Waals surface area contributed by atoms with Gasteiger partial charge in [0, 0.05) is 37.0 Å². The van der Waals surface area contributed by atoms with Crippen molar-refractivity contribution in [2.45, 2.75) is 44.4 Å². The minimum absolute atomic E-state index is 0.0817. The number of anilines is 1. The third-order valence-electron chi connectivity index (χ3n) is 6.12. The van der Waals surface area contributed by atoms with E-state index < -0.39 is 16.9 Å². The number of fused-ring (bicyclic) bond motifs is 1. The maximum atomic E-state index is 12.3. The first-order valence-corrected chi connectivity index (χ1v) is 11.8. The molecule has 0 saturated carbocycles. The van der Waals surface area contributed by atoms with E-state index in [9.17, 15) is 23.3 Å². The van der Waals surface area contributed by atoms with Gasteiger partial charge in [0.1, 0.15) is 36.2 Å². The van der Waals surface area contributed by atoms with Crippen LogP contribution in [-0.2, 0) is 6.54 Å². The van der Waals surface area contributed by atoms with Gasteiger partial charge in [-0.15, -0.1) is 13.2 Å². The molecule has 1 atom stereocenters. The van der Waals surface area contributed by atoms with E-state index in [2.05, 4.69) is 19.6 Å². The van der Waals surface area contributed by atoms with E-state index in [0.717, 1.165) is 5.82 Å². The number of piperidine rings is 1. The van der Waals surface area contributed by atoms with Crippen LogP contribution in [0, 0.1) is 10.1 Å². The smallest absolute Gasteiger partial charge is 0.490 e. The summed E-state index contributed by atoms with van der Waals surface area (Å²) in [6.07, 6.45) is -2.07. The van der Waals surface area contributed by atoms with Crippen molar-refractivity contribution in [1.29, 1.82) is 0 Å². The molecular weight excluding hydrogens is 511 g/mol. The average molecular weight is 535 g/mol. The van der Waals surface area contributed by atoms with Crippen LogP contribution in [0.1, 0.15) is 19.8 Å². The van der Waals surface area contributed by atoms with Gasteiger partial charge in [0.2, 0.25) is 5.88 Å². The molecule has 0 radical (unpaired) electrons. The Morgan fingerprint density at radius 2 is 1.84 bits per heavy atom. The van der Waals surface area contributed by atoms with Crippen LogP contribution >= 0.6 is 0 Å². The van der Waals surface area contributed by atoms with Crippen molar-refractivity contribution in [2.75, 3.05) is 24.6 Å². The zero-order chi connectivity index (χ0) is 26.9. The number of imidazole rings is 1. The van der Waals surface area contributed by atoms with Crippen LogP contribution in [0.15, 0.2) is 48.7 Å². The molecule has 0 aliphatic carbocycles. The molecule has 0 spiro atoms. The molecule has 1 saturated heterocycles. The Kier molecular flexibility index (Phi) is 6.63. The van der Waals surface area contributed by atoms with E-state index >= 15 is 0 Å². The van der Waals surface area contributed by atoms with Crippen molar-refractivity contribution in [1.82, 2.24) is 14.5 Å². The molecule has 0 unspecified atom stereocenters. The van der Waals surface area contributed by atoms with Crippen LogP contribution in [0.4, 0.5) is 24.8 Å². The number of pyridine rings is 1. The average Bonchev–Trinajstić information content (AvgIpc) is 3.40. The van der Waals surface area contributed by atoms with Crippen molar-refractivity contribution >= 4 is 11.6 Å². The van der Waals surface area contributed by atoms with Gasteiger partial charge in [-0.2, -0.15) is 4.98 Å².